The monoisotopic (exact) mass is 360 g/mol. The molecule has 3 aromatic heterocycles. The highest BCUT2D eigenvalue weighted by Crippen LogP contribution is 2.19. The summed E-state index contributed by atoms with van der Waals surface area (Å²) in [5, 5.41) is 4.10. The van der Waals surface area contributed by atoms with Crippen LogP contribution in [0.4, 0.5) is 17.8 Å². The summed E-state index contributed by atoms with van der Waals surface area (Å²) in [6.45, 7) is 0. The molecule has 0 saturated heterocycles. The molecule has 0 atom stereocenters. The molecule has 4 aromatic rings. The lowest BCUT2D eigenvalue weighted by Gasteiger charge is -2.01. The molecule has 0 amide bonds. The van der Waals surface area contributed by atoms with Gasteiger partial charge in [-0.1, -0.05) is 18.2 Å². The average Bonchev–Trinajstić information content (AvgIpc) is 2.99. The second-order valence-electron chi connectivity index (χ2n) is 5.91. The Labute approximate surface area is 155 Å². The van der Waals surface area contributed by atoms with Gasteiger partial charge in [-0.2, -0.15) is 20.1 Å². The van der Waals surface area contributed by atoms with Crippen molar-refractivity contribution in [3.63, 3.8) is 0 Å². The molecule has 0 spiro atoms. The predicted octanol–water partition coefficient (Wildman–Crippen LogP) is 1.23. The fourth-order valence-electron chi connectivity index (χ4n) is 2.81. The van der Waals surface area contributed by atoms with Gasteiger partial charge in [0.05, 0.1) is 19.5 Å². The summed E-state index contributed by atoms with van der Waals surface area (Å²) in [6.07, 6.45) is 5.80. The summed E-state index contributed by atoms with van der Waals surface area (Å²) in [5.74, 6) is 0.273. The van der Waals surface area contributed by atoms with Gasteiger partial charge in [0.25, 0.3) is 5.65 Å². The Balaban J connectivity index is 1.52. The van der Waals surface area contributed by atoms with Crippen LogP contribution in [0.2, 0.25) is 0 Å². The van der Waals surface area contributed by atoms with Crippen LogP contribution in [-0.4, -0.2) is 25.7 Å². The van der Waals surface area contributed by atoms with Crippen LogP contribution in [0.25, 0.3) is 16.9 Å². The van der Waals surface area contributed by atoms with Crippen molar-refractivity contribution in [1.82, 2.24) is 19.5 Å². The molecule has 0 aliphatic heterocycles. The van der Waals surface area contributed by atoms with Crippen molar-refractivity contribution in [3.8, 4) is 11.3 Å². The molecule has 0 saturated carbocycles. The van der Waals surface area contributed by atoms with Crippen LogP contribution in [0.5, 0.6) is 0 Å². The molecule has 0 aliphatic carbocycles. The van der Waals surface area contributed by atoms with E-state index in [0.717, 1.165) is 22.5 Å². The Morgan fingerprint density at radius 3 is 2.48 bits per heavy atom. The molecule has 4 rings (SSSR count). The number of anilines is 3. The molecule has 0 radical (unpaired) electrons. The van der Waals surface area contributed by atoms with Crippen molar-refractivity contribution < 1.29 is 4.40 Å². The normalized spacial score (nSPS) is 11.3. The van der Waals surface area contributed by atoms with Gasteiger partial charge in [-0.05, 0) is 23.8 Å². The van der Waals surface area contributed by atoms with Gasteiger partial charge in [-0.3, -0.25) is 0 Å². The molecule has 3 heterocycles. The molecule has 0 bridgehead atoms. The summed E-state index contributed by atoms with van der Waals surface area (Å²) in [6, 6.07) is 14.2. The summed E-state index contributed by atoms with van der Waals surface area (Å²) in [5.41, 5.74) is 18.0. The minimum absolute atomic E-state index is 0.0392. The molecule has 0 fully saturated rings. The summed E-state index contributed by atoms with van der Waals surface area (Å²) in [4.78, 5) is 11.5. The fourth-order valence-corrected chi connectivity index (χ4v) is 2.81. The molecule has 9 heteroatoms. The SMILES string of the molecule is Cn1c(-c2ccc(/C=N/Nc3nc(N)nc(N)n3)cc2)c[n+]2ccccc12. The molecule has 5 N–H and O–H groups in total. The van der Waals surface area contributed by atoms with Gasteiger partial charge in [-0.15, -0.1) is 0 Å². The Morgan fingerprint density at radius 1 is 1.04 bits per heavy atom. The Bertz CT molecular complexity index is 1110. The Hall–Kier alpha value is -4.01. The topological polar surface area (TPSA) is 124 Å². The molecular formula is C18H18N9+. The number of rotatable bonds is 4. The molecular weight excluding hydrogens is 342 g/mol. The van der Waals surface area contributed by atoms with E-state index in [9.17, 15) is 0 Å². The first-order valence-electron chi connectivity index (χ1n) is 8.22. The highest BCUT2D eigenvalue weighted by atomic mass is 15.4. The first-order valence-corrected chi connectivity index (χ1v) is 8.22. The maximum absolute atomic E-state index is 5.52. The molecule has 1 aromatic carbocycles. The average molecular weight is 360 g/mol. The van der Waals surface area contributed by atoms with Gasteiger partial charge in [0.1, 0.15) is 6.20 Å². The van der Waals surface area contributed by atoms with Gasteiger partial charge < -0.3 is 11.5 Å². The highest BCUT2D eigenvalue weighted by Gasteiger charge is 2.14. The van der Waals surface area contributed by atoms with E-state index >= 15 is 0 Å². The molecule has 0 aliphatic rings. The number of nitrogen functional groups attached to an aromatic ring is 2. The lowest BCUT2D eigenvalue weighted by atomic mass is 10.1. The van der Waals surface area contributed by atoms with Crippen molar-refractivity contribution in [2.45, 2.75) is 0 Å². The predicted molar refractivity (Wildman–Crippen MR) is 104 cm³/mol. The summed E-state index contributed by atoms with van der Waals surface area (Å²) < 4.78 is 4.25. The number of nitrogens with one attached hydrogen (secondary N) is 1. The third-order valence-electron chi connectivity index (χ3n) is 4.09. The number of pyridine rings is 1. The maximum Gasteiger partial charge on any atom is 0.286 e. The Morgan fingerprint density at radius 2 is 1.78 bits per heavy atom. The van der Waals surface area contributed by atoms with Crippen LogP contribution < -0.4 is 21.3 Å². The number of imidazole rings is 1. The smallest absolute Gasteiger partial charge is 0.286 e. The number of nitrogens with two attached hydrogens (primary N) is 2. The lowest BCUT2D eigenvalue weighted by Crippen LogP contribution is -2.17. The minimum atomic E-state index is 0.0392. The van der Waals surface area contributed by atoms with Crippen molar-refractivity contribution in [3.05, 3.63) is 60.4 Å². The van der Waals surface area contributed by atoms with Crippen LogP contribution in [0.1, 0.15) is 5.56 Å². The van der Waals surface area contributed by atoms with Gasteiger partial charge in [0, 0.05) is 11.6 Å². The third-order valence-corrected chi connectivity index (χ3v) is 4.09. The summed E-state index contributed by atoms with van der Waals surface area (Å²) in [7, 11) is 2.05. The number of aryl methyl sites for hydroxylation is 1. The quantitative estimate of drug-likeness (QED) is 0.286. The number of hydrazone groups is 1. The van der Waals surface area contributed by atoms with E-state index in [1.54, 1.807) is 6.21 Å². The minimum Gasteiger partial charge on any atom is -0.368 e. The van der Waals surface area contributed by atoms with Crippen LogP contribution in [0, 0.1) is 0 Å². The van der Waals surface area contributed by atoms with E-state index < -0.39 is 0 Å². The first-order chi connectivity index (χ1) is 13.1. The van der Waals surface area contributed by atoms with E-state index in [-0.39, 0.29) is 17.8 Å². The van der Waals surface area contributed by atoms with E-state index in [2.05, 4.69) is 65.9 Å². The molecule has 9 nitrogen and oxygen atoms in total. The summed E-state index contributed by atoms with van der Waals surface area (Å²) >= 11 is 0. The van der Waals surface area contributed by atoms with E-state index in [0.29, 0.717) is 0 Å². The maximum atomic E-state index is 5.52. The zero-order chi connectivity index (χ0) is 18.8. The van der Waals surface area contributed by atoms with Gasteiger partial charge in [0.2, 0.25) is 17.8 Å². The van der Waals surface area contributed by atoms with E-state index in [1.807, 2.05) is 30.5 Å². The van der Waals surface area contributed by atoms with Crippen LogP contribution in [0.15, 0.2) is 60.0 Å². The largest absolute Gasteiger partial charge is 0.368 e. The van der Waals surface area contributed by atoms with Gasteiger partial charge in [0.15, 0.2) is 5.69 Å². The number of aromatic nitrogens is 5. The molecule has 0 unspecified atom stereocenters. The van der Waals surface area contributed by atoms with E-state index in [1.165, 1.54) is 0 Å². The molecule has 134 valence electrons. The zero-order valence-corrected chi connectivity index (χ0v) is 14.6. The van der Waals surface area contributed by atoms with Crippen LogP contribution in [-0.2, 0) is 7.05 Å². The standard InChI is InChI=1S/C18H18N9/c1-26-14(11-27-9-3-2-4-15(26)27)13-7-5-12(6-8-13)10-21-25-18-23-16(19)22-17(20)24-18/h2-11H,1H3,(H5,19,20,22,23,24,25)/q+1/b21-10+. The van der Waals surface area contributed by atoms with Gasteiger partial charge in [-0.25, -0.2) is 14.4 Å². The van der Waals surface area contributed by atoms with Crippen LogP contribution in [0.3, 0.4) is 0 Å². The number of nitrogens with zero attached hydrogens (tertiary/aromatic N) is 6. The lowest BCUT2D eigenvalue weighted by molar-refractivity contribution is -0.510. The first kappa shape index (κ1) is 16.5. The van der Waals surface area contributed by atoms with Gasteiger partial charge >= 0.3 is 0 Å². The van der Waals surface area contributed by atoms with Crippen molar-refractivity contribution in [1.29, 1.82) is 0 Å². The number of fused-ring (bicyclic) bond motifs is 1. The number of benzene rings is 1. The van der Waals surface area contributed by atoms with Crippen molar-refractivity contribution >= 4 is 29.7 Å². The highest BCUT2D eigenvalue weighted by molar-refractivity contribution is 5.81. The Kier molecular flexibility index (Phi) is 4.09. The van der Waals surface area contributed by atoms with Crippen LogP contribution >= 0.6 is 0 Å². The van der Waals surface area contributed by atoms with Crippen molar-refractivity contribution in [2.75, 3.05) is 16.9 Å². The fraction of sp³-hybridized carbons (Fsp3) is 0.0556. The van der Waals surface area contributed by atoms with Crippen molar-refractivity contribution in [2.24, 2.45) is 12.1 Å². The number of hydrogen-bond donors (Lipinski definition) is 3. The third kappa shape index (κ3) is 3.38. The second-order valence-corrected chi connectivity index (χ2v) is 5.91. The zero-order valence-electron chi connectivity index (χ0n) is 14.6. The number of hydrogen-bond acceptors (Lipinski definition) is 7. The second kappa shape index (κ2) is 6.71. The molecule has 27 heavy (non-hydrogen) atoms. The van der Waals surface area contributed by atoms with E-state index in [4.69, 9.17) is 11.5 Å².